The second-order valence-electron chi connectivity index (χ2n) is 7.75. The first kappa shape index (κ1) is 24.6. The number of alkyl halides is 3. The molecule has 0 spiro atoms. The van der Waals surface area contributed by atoms with Crippen molar-refractivity contribution < 1.29 is 26.0 Å². The van der Waals surface area contributed by atoms with E-state index in [2.05, 4.69) is 11.5 Å². The number of halogens is 4. The van der Waals surface area contributed by atoms with Gasteiger partial charge in [-0.1, -0.05) is 32.5 Å². The predicted molar refractivity (Wildman–Crippen MR) is 110 cm³/mol. The minimum Gasteiger partial charge on any atom is -0.292 e. The van der Waals surface area contributed by atoms with Gasteiger partial charge in [-0.25, -0.2) is 22.2 Å². The largest absolute Gasteiger partial charge is 0.431 e. The summed E-state index contributed by atoms with van der Waals surface area (Å²) in [5, 5.41) is 0. The quantitative estimate of drug-likeness (QED) is 0.295. The molecule has 0 saturated heterocycles. The molecule has 1 aromatic carbocycles. The van der Waals surface area contributed by atoms with Crippen LogP contribution in [0.5, 0.6) is 0 Å². The van der Waals surface area contributed by atoms with Gasteiger partial charge in [-0.15, -0.1) is 5.54 Å². The van der Waals surface area contributed by atoms with Gasteiger partial charge in [-0.3, -0.25) is 9.36 Å². The lowest BCUT2D eigenvalue weighted by Gasteiger charge is -2.15. The highest BCUT2D eigenvalue weighted by Gasteiger charge is 2.35. The van der Waals surface area contributed by atoms with E-state index >= 15 is 0 Å². The van der Waals surface area contributed by atoms with Crippen molar-refractivity contribution in [3.05, 3.63) is 56.1 Å². The second kappa shape index (κ2) is 8.12. The Morgan fingerprint density at radius 3 is 2.16 bits per heavy atom. The third-order valence-corrected chi connectivity index (χ3v) is 6.83. The maximum Gasteiger partial charge on any atom is 0.431 e. The summed E-state index contributed by atoms with van der Waals surface area (Å²) in [5.74, 6) is 1.11. The Labute approximate surface area is 177 Å². The molecule has 0 N–H and O–H groups in total. The fraction of sp³-hybridized carbons (Fsp3) is 0.368. The van der Waals surface area contributed by atoms with Gasteiger partial charge in [-0.2, -0.15) is 13.2 Å². The number of rotatable bonds is 3. The van der Waals surface area contributed by atoms with E-state index in [9.17, 15) is 35.6 Å². The maximum absolute atomic E-state index is 14.9. The van der Waals surface area contributed by atoms with Crippen LogP contribution in [0.1, 0.15) is 18.2 Å². The summed E-state index contributed by atoms with van der Waals surface area (Å²) in [4.78, 5) is 24.4. The zero-order valence-corrected chi connectivity index (χ0v) is 19.2. The number of hydrogen-bond acceptors (Lipinski definition) is 4. The number of nitrogens with zero attached hydrogens (tertiary/aromatic N) is 2. The van der Waals surface area contributed by atoms with Gasteiger partial charge in [0.25, 0.3) is 5.56 Å². The Kier molecular flexibility index (Phi) is 6.45. The van der Waals surface area contributed by atoms with Crippen LogP contribution in [0.15, 0.2) is 32.7 Å². The van der Waals surface area contributed by atoms with E-state index in [0.717, 1.165) is 19.2 Å². The highest BCUT2D eigenvalue weighted by molar-refractivity contribution is 7.91. The van der Waals surface area contributed by atoms with Crippen LogP contribution in [0.25, 0.3) is 5.69 Å². The molecule has 0 saturated carbocycles. The predicted octanol–water partition coefficient (Wildman–Crippen LogP) is 2.72. The minimum absolute atomic E-state index is 0.147. The van der Waals surface area contributed by atoms with Gasteiger partial charge in [0.2, 0.25) is 0 Å². The van der Waals surface area contributed by atoms with Gasteiger partial charge >= 0.3 is 11.9 Å². The SMILES string of the molecule is CCS(=O)(=O)c1cc(-n2c(=O)cc(C(F)(F)F)n(C)c2=O)c(F)cc1C#C[Si](C)(C)C. The lowest BCUT2D eigenvalue weighted by molar-refractivity contribution is -0.144. The Balaban J connectivity index is 2.94. The zero-order valence-electron chi connectivity index (χ0n) is 17.4. The molecule has 12 heteroatoms. The van der Waals surface area contributed by atoms with E-state index in [1.165, 1.54) is 6.92 Å². The fourth-order valence-corrected chi connectivity index (χ4v) is 4.16. The lowest BCUT2D eigenvalue weighted by Crippen LogP contribution is -2.41. The average molecular weight is 477 g/mol. The summed E-state index contributed by atoms with van der Waals surface area (Å²) in [6, 6.07) is 1.68. The Morgan fingerprint density at radius 2 is 1.68 bits per heavy atom. The van der Waals surface area contributed by atoms with E-state index < -0.39 is 57.4 Å². The molecule has 0 aliphatic rings. The molecule has 2 aromatic rings. The van der Waals surface area contributed by atoms with Crippen molar-refractivity contribution in [2.75, 3.05) is 5.75 Å². The molecule has 1 aromatic heterocycles. The Bertz CT molecular complexity index is 1320. The van der Waals surface area contributed by atoms with Crippen molar-refractivity contribution >= 4 is 17.9 Å². The van der Waals surface area contributed by atoms with Crippen LogP contribution in [0.2, 0.25) is 19.6 Å². The summed E-state index contributed by atoms with van der Waals surface area (Å²) in [6.45, 7) is 7.02. The number of benzene rings is 1. The third-order valence-electron chi connectivity index (χ3n) is 4.19. The lowest BCUT2D eigenvalue weighted by atomic mass is 10.2. The van der Waals surface area contributed by atoms with Crippen LogP contribution >= 0.6 is 0 Å². The van der Waals surface area contributed by atoms with Crippen molar-refractivity contribution in [2.24, 2.45) is 7.05 Å². The van der Waals surface area contributed by atoms with E-state index in [1.54, 1.807) is 0 Å². The highest BCUT2D eigenvalue weighted by atomic mass is 32.2. The van der Waals surface area contributed by atoms with Gasteiger partial charge in [0, 0.05) is 18.7 Å². The molecule has 0 aliphatic carbocycles. The summed E-state index contributed by atoms with van der Waals surface area (Å²) in [6.07, 6.45) is -4.99. The van der Waals surface area contributed by atoms with Crippen molar-refractivity contribution in [2.45, 2.75) is 37.6 Å². The Morgan fingerprint density at radius 1 is 1.10 bits per heavy atom. The van der Waals surface area contributed by atoms with E-state index in [0.29, 0.717) is 0 Å². The van der Waals surface area contributed by atoms with Gasteiger partial charge in [0.05, 0.1) is 16.3 Å². The maximum atomic E-state index is 14.9. The first-order valence-corrected chi connectivity index (χ1v) is 14.1. The molecule has 0 amide bonds. The molecule has 31 heavy (non-hydrogen) atoms. The molecule has 1 heterocycles. The summed E-state index contributed by atoms with van der Waals surface area (Å²) in [7, 11) is -5.16. The van der Waals surface area contributed by atoms with E-state index in [1.807, 2.05) is 19.6 Å². The van der Waals surface area contributed by atoms with Crippen molar-refractivity contribution in [3.63, 3.8) is 0 Å². The summed E-state index contributed by atoms with van der Waals surface area (Å²) >= 11 is 0. The van der Waals surface area contributed by atoms with Gasteiger partial charge in [-0.05, 0) is 12.1 Å². The van der Waals surface area contributed by atoms with Gasteiger partial charge < -0.3 is 0 Å². The molecule has 0 bridgehead atoms. The van der Waals surface area contributed by atoms with Crippen LogP contribution < -0.4 is 11.2 Å². The molecule has 168 valence electrons. The second-order valence-corrected chi connectivity index (χ2v) is 14.7. The molecular weight excluding hydrogens is 456 g/mol. The minimum atomic E-state index is -4.99. The molecule has 0 aliphatic heterocycles. The van der Waals surface area contributed by atoms with Crippen LogP contribution in [0, 0.1) is 17.3 Å². The molecule has 0 atom stereocenters. The zero-order chi connectivity index (χ0) is 23.9. The molecule has 0 radical (unpaired) electrons. The van der Waals surface area contributed by atoms with Crippen molar-refractivity contribution in [1.29, 1.82) is 0 Å². The van der Waals surface area contributed by atoms with E-state index in [-0.39, 0.29) is 26.5 Å². The smallest absolute Gasteiger partial charge is 0.292 e. The van der Waals surface area contributed by atoms with Gasteiger partial charge in [0.1, 0.15) is 19.6 Å². The average Bonchev–Trinajstić information content (AvgIpc) is 2.62. The molecular formula is C19H20F4N2O4SSi. The Hall–Kier alpha value is -2.65. The number of aromatic nitrogens is 2. The first-order valence-electron chi connectivity index (χ1n) is 8.99. The first-order chi connectivity index (χ1) is 14.0. The molecule has 0 unspecified atom stereocenters. The normalized spacial score (nSPS) is 12.4. The van der Waals surface area contributed by atoms with Crippen LogP contribution in [-0.2, 0) is 23.1 Å². The molecule has 6 nitrogen and oxygen atoms in total. The van der Waals surface area contributed by atoms with Crippen molar-refractivity contribution in [1.82, 2.24) is 9.13 Å². The topological polar surface area (TPSA) is 78.1 Å². The van der Waals surface area contributed by atoms with Gasteiger partial charge in [0.15, 0.2) is 9.84 Å². The van der Waals surface area contributed by atoms with Crippen LogP contribution in [0.4, 0.5) is 17.6 Å². The summed E-state index contributed by atoms with van der Waals surface area (Å²) in [5.41, 5.74) is -2.45. The van der Waals surface area contributed by atoms with Crippen molar-refractivity contribution in [3.8, 4) is 17.2 Å². The molecule has 2 rings (SSSR count). The highest BCUT2D eigenvalue weighted by Crippen LogP contribution is 2.27. The van der Waals surface area contributed by atoms with Crippen LogP contribution in [0.3, 0.4) is 0 Å². The number of hydrogen-bond donors (Lipinski definition) is 0. The monoisotopic (exact) mass is 476 g/mol. The molecule has 0 fully saturated rings. The van der Waals surface area contributed by atoms with Crippen LogP contribution in [-0.4, -0.2) is 31.4 Å². The number of sulfone groups is 1. The fourth-order valence-electron chi connectivity index (χ4n) is 2.60. The standard InChI is InChI=1S/C19H20F4N2O4SSi/c1-6-30(28,29)15-10-14(13(20)9-12(15)7-8-31(3,4)5)25-17(26)11-16(19(21,22)23)24(2)18(25)27/h9-11H,6H2,1-5H3. The third kappa shape index (κ3) is 5.16. The summed E-state index contributed by atoms with van der Waals surface area (Å²) < 4.78 is 79.5. The van der Waals surface area contributed by atoms with E-state index in [4.69, 9.17) is 0 Å².